The standard InChI is InChI=1S/C11H20O5/c1-2-3-4-5-6-15-11-10(14)9(13)8(12)7-16-11/h2,8-14H,1,3-7H2/t8-,9+,10-,11+/m1/s1. The molecule has 0 spiro atoms. The van der Waals surface area contributed by atoms with E-state index in [2.05, 4.69) is 6.58 Å². The molecule has 1 saturated heterocycles. The van der Waals surface area contributed by atoms with Crippen LogP contribution in [0.3, 0.4) is 0 Å². The van der Waals surface area contributed by atoms with E-state index in [1.807, 2.05) is 6.08 Å². The van der Waals surface area contributed by atoms with E-state index in [1.165, 1.54) is 0 Å². The molecule has 0 radical (unpaired) electrons. The molecular formula is C11H20O5. The molecule has 0 aromatic carbocycles. The maximum Gasteiger partial charge on any atom is 0.186 e. The van der Waals surface area contributed by atoms with Gasteiger partial charge in [-0.1, -0.05) is 6.08 Å². The summed E-state index contributed by atoms with van der Waals surface area (Å²) in [5.74, 6) is 0. The van der Waals surface area contributed by atoms with Crippen molar-refractivity contribution in [1.29, 1.82) is 0 Å². The molecule has 5 nitrogen and oxygen atoms in total. The van der Waals surface area contributed by atoms with Crippen molar-refractivity contribution in [2.45, 2.75) is 43.9 Å². The number of allylic oxidation sites excluding steroid dienone is 1. The molecule has 16 heavy (non-hydrogen) atoms. The lowest BCUT2D eigenvalue weighted by atomic mass is 10.1. The van der Waals surface area contributed by atoms with Crippen molar-refractivity contribution in [2.75, 3.05) is 13.2 Å². The molecule has 0 saturated carbocycles. The molecule has 0 unspecified atom stereocenters. The zero-order valence-electron chi connectivity index (χ0n) is 9.29. The van der Waals surface area contributed by atoms with Crippen molar-refractivity contribution in [2.24, 2.45) is 0 Å². The van der Waals surface area contributed by atoms with Crippen LogP contribution in [0.4, 0.5) is 0 Å². The van der Waals surface area contributed by atoms with Crippen LogP contribution in [0, 0.1) is 0 Å². The number of ether oxygens (including phenoxy) is 2. The first-order valence-corrected chi connectivity index (χ1v) is 5.55. The molecule has 0 amide bonds. The van der Waals surface area contributed by atoms with E-state index in [9.17, 15) is 15.3 Å². The van der Waals surface area contributed by atoms with Crippen LogP contribution in [0.25, 0.3) is 0 Å². The van der Waals surface area contributed by atoms with Crippen LogP contribution in [0.5, 0.6) is 0 Å². The predicted molar refractivity (Wildman–Crippen MR) is 57.8 cm³/mol. The summed E-state index contributed by atoms with van der Waals surface area (Å²) < 4.78 is 10.4. The van der Waals surface area contributed by atoms with Gasteiger partial charge in [0.25, 0.3) is 0 Å². The summed E-state index contributed by atoms with van der Waals surface area (Å²) in [6.45, 7) is 4.05. The maximum atomic E-state index is 9.53. The van der Waals surface area contributed by atoms with Crippen LogP contribution in [0.2, 0.25) is 0 Å². The first kappa shape index (κ1) is 13.6. The van der Waals surface area contributed by atoms with E-state index in [4.69, 9.17) is 9.47 Å². The van der Waals surface area contributed by atoms with Crippen molar-refractivity contribution in [3.63, 3.8) is 0 Å². The summed E-state index contributed by atoms with van der Waals surface area (Å²) in [5, 5.41) is 28.1. The van der Waals surface area contributed by atoms with E-state index in [0.717, 1.165) is 19.3 Å². The molecule has 3 N–H and O–H groups in total. The number of rotatable bonds is 6. The van der Waals surface area contributed by atoms with Gasteiger partial charge in [0.05, 0.1) is 6.61 Å². The quantitative estimate of drug-likeness (QED) is 0.436. The molecule has 4 atom stereocenters. The summed E-state index contributed by atoms with van der Waals surface area (Å²) in [6, 6.07) is 0. The van der Waals surface area contributed by atoms with Crippen molar-refractivity contribution >= 4 is 0 Å². The van der Waals surface area contributed by atoms with E-state index in [-0.39, 0.29) is 6.61 Å². The Balaban J connectivity index is 2.19. The Kier molecular flexibility index (Phi) is 5.94. The van der Waals surface area contributed by atoms with Crippen molar-refractivity contribution in [3.8, 4) is 0 Å². The molecule has 0 aliphatic carbocycles. The second-order valence-corrected chi connectivity index (χ2v) is 3.91. The molecule has 5 heteroatoms. The fourth-order valence-corrected chi connectivity index (χ4v) is 1.52. The fourth-order valence-electron chi connectivity index (χ4n) is 1.52. The molecule has 0 aromatic heterocycles. The lowest BCUT2D eigenvalue weighted by molar-refractivity contribution is -0.270. The minimum absolute atomic E-state index is 0.0183. The van der Waals surface area contributed by atoms with Gasteiger partial charge in [0.2, 0.25) is 0 Å². The summed E-state index contributed by atoms with van der Waals surface area (Å²) in [5.41, 5.74) is 0. The second-order valence-electron chi connectivity index (χ2n) is 3.91. The normalized spacial score (nSPS) is 34.9. The highest BCUT2D eigenvalue weighted by Gasteiger charge is 2.37. The van der Waals surface area contributed by atoms with Gasteiger partial charge in [0.15, 0.2) is 6.29 Å². The van der Waals surface area contributed by atoms with E-state index >= 15 is 0 Å². The zero-order valence-corrected chi connectivity index (χ0v) is 9.29. The van der Waals surface area contributed by atoms with Crippen LogP contribution < -0.4 is 0 Å². The predicted octanol–water partition coefficient (Wildman–Crippen LogP) is -0.202. The van der Waals surface area contributed by atoms with Crippen LogP contribution in [0.1, 0.15) is 19.3 Å². The summed E-state index contributed by atoms with van der Waals surface area (Å²) in [4.78, 5) is 0. The molecule has 1 rings (SSSR count). The van der Waals surface area contributed by atoms with Gasteiger partial charge >= 0.3 is 0 Å². The van der Waals surface area contributed by atoms with Crippen LogP contribution in [-0.2, 0) is 9.47 Å². The van der Waals surface area contributed by atoms with Gasteiger partial charge in [-0.25, -0.2) is 0 Å². The summed E-state index contributed by atoms with van der Waals surface area (Å²) in [6.07, 6.45) is 0.299. The first-order chi connectivity index (χ1) is 7.66. The number of hydrogen-bond donors (Lipinski definition) is 3. The minimum Gasteiger partial charge on any atom is -0.388 e. The van der Waals surface area contributed by atoms with Gasteiger partial charge in [-0.05, 0) is 19.3 Å². The molecule has 0 bridgehead atoms. The largest absolute Gasteiger partial charge is 0.388 e. The zero-order chi connectivity index (χ0) is 12.0. The highest BCUT2D eigenvalue weighted by molar-refractivity contribution is 4.82. The highest BCUT2D eigenvalue weighted by atomic mass is 16.7. The molecule has 1 aliphatic heterocycles. The summed E-state index contributed by atoms with van der Waals surface area (Å²) in [7, 11) is 0. The van der Waals surface area contributed by atoms with Crippen molar-refractivity contribution in [1.82, 2.24) is 0 Å². The highest BCUT2D eigenvalue weighted by Crippen LogP contribution is 2.16. The summed E-state index contributed by atoms with van der Waals surface area (Å²) >= 11 is 0. The Hall–Kier alpha value is -0.460. The third-order valence-electron chi connectivity index (χ3n) is 2.54. The molecule has 94 valence electrons. The maximum absolute atomic E-state index is 9.53. The Morgan fingerprint density at radius 1 is 1.25 bits per heavy atom. The third kappa shape index (κ3) is 3.84. The van der Waals surface area contributed by atoms with Gasteiger partial charge in [-0.15, -0.1) is 6.58 Å². The molecular weight excluding hydrogens is 212 g/mol. The second kappa shape index (κ2) is 6.98. The van der Waals surface area contributed by atoms with Gasteiger partial charge in [0, 0.05) is 6.61 Å². The number of aliphatic hydroxyl groups excluding tert-OH is 3. The lowest BCUT2D eigenvalue weighted by Crippen LogP contribution is -2.53. The topological polar surface area (TPSA) is 79.2 Å². The Morgan fingerprint density at radius 2 is 2.00 bits per heavy atom. The van der Waals surface area contributed by atoms with Crippen molar-refractivity contribution < 1.29 is 24.8 Å². The van der Waals surface area contributed by atoms with Gasteiger partial charge in [-0.3, -0.25) is 0 Å². The average Bonchev–Trinajstić information content (AvgIpc) is 2.28. The lowest BCUT2D eigenvalue weighted by Gasteiger charge is -2.34. The van der Waals surface area contributed by atoms with Gasteiger partial charge < -0.3 is 24.8 Å². The Morgan fingerprint density at radius 3 is 2.69 bits per heavy atom. The van der Waals surface area contributed by atoms with Crippen molar-refractivity contribution in [3.05, 3.63) is 12.7 Å². The average molecular weight is 232 g/mol. The fraction of sp³-hybridized carbons (Fsp3) is 0.818. The smallest absolute Gasteiger partial charge is 0.186 e. The molecule has 1 aliphatic rings. The minimum atomic E-state index is -1.20. The van der Waals surface area contributed by atoms with E-state index in [1.54, 1.807) is 0 Å². The number of unbranched alkanes of at least 4 members (excludes halogenated alkanes) is 2. The third-order valence-corrected chi connectivity index (χ3v) is 2.54. The first-order valence-electron chi connectivity index (χ1n) is 5.55. The molecule has 1 heterocycles. The van der Waals surface area contributed by atoms with Crippen LogP contribution >= 0.6 is 0 Å². The SMILES string of the molecule is C=CCCCCO[C@H]1OC[C@@H](O)[C@H](O)[C@H]1O. The van der Waals surface area contributed by atoms with Crippen LogP contribution in [0.15, 0.2) is 12.7 Å². The monoisotopic (exact) mass is 232 g/mol. The van der Waals surface area contributed by atoms with E-state index in [0.29, 0.717) is 6.61 Å². The van der Waals surface area contributed by atoms with E-state index < -0.39 is 24.6 Å². The molecule has 1 fully saturated rings. The van der Waals surface area contributed by atoms with Crippen LogP contribution in [-0.4, -0.2) is 53.1 Å². The Labute approximate surface area is 95.3 Å². The number of aliphatic hydroxyl groups is 3. The number of hydrogen-bond acceptors (Lipinski definition) is 5. The molecule has 0 aromatic rings. The van der Waals surface area contributed by atoms with Gasteiger partial charge in [0.1, 0.15) is 18.3 Å². The van der Waals surface area contributed by atoms with Gasteiger partial charge in [-0.2, -0.15) is 0 Å². The Bertz CT molecular complexity index is 209.